The molecule has 9 heteroatoms. The number of carboxylic acid groups (broad SMARTS) is 1. The van der Waals surface area contributed by atoms with Crippen LogP contribution in [0.1, 0.15) is 0 Å². The minimum Gasteiger partial charge on any atom is -0.547 e. The molecule has 0 unspecified atom stereocenters. The zero-order chi connectivity index (χ0) is 10.6. The summed E-state index contributed by atoms with van der Waals surface area (Å²) in [5, 5.41) is 53.4. The Morgan fingerprint density at radius 2 is 1.53 bits per heavy atom. The Labute approximate surface area is 128 Å². The van der Waals surface area contributed by atoms with Crippen molar-refractivity contribution in [2.45, 2.75) is 24.4 Å². The van der Waals surface area contributed by atoms with Gasteiger partial charge in [-0.1, -0.05) is 0 Å². The molecule has 0 aromatic heterocycles. The SMILES string of the molecule is O.O=C([O-])[C@H](O)[C@H](O)[C@@H](O)[C@H](O)CO.[K+]. The summed E-state index contributed by atoms with van der Waals surface area (Å²) in [6.07, 6.45) is -8.08. The third-order valence-corrected chi connectivity index (χ3v) is 1.50. The van der Waals surface area contributed by atoms with Gasteiger partial charge in [-0.05, 0) is 0 Å². The van der Waals surface area contributed by atoms with Crippen molar-refractivity contribution in [3.63, 3.8) is 0 Å². The Balaban J connectivity index is -0.000000720. The molecule has 4 atom stereocenters. The normalized spacial score (nSPS) is 17.7. The fraction of sp³-hybridized carbons (Fsp3) is 0.833. The van der Waals surface area contributed by atoms with E-state index in [0.29, 0.717) is 0 Å². The van der Waals surface area contributed by atoms with E-state index in [1.807, 2.05) is 0 Å². The van der Waals surface area contributed by atoms with Gasteiger partial charge in [-0.3, -0.25) is 0 Å². The largest absolute Gasteiger partial charge is 1.00 e. The summed E-state index contributed by atoms with van der Waals surface area (Å²) in [5.41, 5.74) is 0. The standard InChI is InChI=1S/C6H12O7.K.H2O/c7-1-2(8)3(9)4(10)5(11)6(12)13;;/h2-5,7-11H,1H2,(H,12,13);;1H2/q;+1;/p-1/t2-,3+,4-,5-;;/m1../s1. The van der Waals surface area contributed by atoms with Gasteiger partial charge in [0, 0.05) is 0 Å². The molecule has 0 fully saturated rings. The minimum absolute atomic E-state index is 0. The minimum atomic E-state index is -2.31. The van der Waals surface area contributed by atoms with E-state index in [9.17, 15) is 9.90 Å². The maximum atomic E-state index is 9.98. The molecule has 0 aromatic carbocycles. The first kappa shape index (κ1) is 21.2. The van der Waals surface area contributed by atoms with Gasteiger partial charge in [0.15, 0.2) is 0 Å². The summed E-state index contributed by atoms with van der Waals surface area (Å²) in [4.78, 5) is 9.98. The van der Waals surface area contributed by atoms with Crippen molar-refractivity contribution < 1.29 is 92.3 Å². The number of aliphatic carboxylic acids is 1. The van der Waals surface area contributed by atoms with Gasteiger partial charge in [-0.15, -0.1) is 0 Å². The van der Waals surface area contributed by atoms with Gasteiger partial charge in [-0.25, -0.2) is 0 Å². The van der Waals surface area contributed by atoms with Crippen LogP contribution in [-0.2, 0) is 4.79 Å². The molecule has 0 aliphatic rings. The van der Waals surface area contributed by atoms with Crippen LogP contribution in [0.3, 0.4) is 0 Å². The molecule has 0 saturated heterocycles. The summed E-state index contributed by atoms with van der Waals surface area (Å²) in [6, 6.07) is 0. The second-order valence-electron chi connectivity index (χ2n) is 2.49. The number of hydrogen-bond donors (Lipinski definition) is 5. The second-order valence-corrected chi connectivity index (χ2v) is 2.49. The van der Waals surface area contributed by atoms with Gasteiger partial charge in [0.05, 0.1) is 12.6 Å². The maximum Gasteiger partial charge on any atom is 1.00 e. The van der Waals surface area contributed by atoms with Crippen LogP contribution < -0.4 is 56.5 Å². The Morgan fingerprint density at radius 3 is 1.80 bits per heavy atom. The van der Waals surface area contributed by atoms with E-state index >= 15 is 0 Å². The van der Waals surface area contributed by atoms with E-state index in [-0.39, 0.29) is 56.9 Å². The second kappa shape index (κ2) is 10.0. The van der Waals surface area contributed by atoms with Gasteiger partial charge < -0.3 is 40.9 Å². The number of aliphatic hydroxyl groups excluding tert-OH is 5. The van der Waals surface area contributed by atoms with Crippen molar-refractivity contribution in [1.29, 1.82) is 0 Å². The number of carboxylic acids is 1. The summed E-state index contributed by atoms with van der Waals surface area (Å²) in [5.74, 6) is -1.98. The predicted octanol–water partition coefficient (Wildman–Crippen LogP) is -8.65. The molecule has 0 bridgehead atoms. The Morgan fingerprint density at radius 1 is 1.13 bits per heavy atom. The van der Waals surface area contributed by atoms with Crippen molar-refractivity contribution in [2.24, 2.45) is 0 Å². The van der Waals surface area contributed by atoms with Crippen LogP contribution in [0, 0.1) is 0 Å². The molecule has 7 N–H and O–H groups in total. The fourth-order valence-electron chi connectivity index (χ4n) is 0.662. The van der Waals surface area contributed by atoms with Crippen LogP contribution in [0.25, 0.3) is 0 Å². The molecule has 0 heterocycles. The zero-order valence-corrected chi connectivity index (χ0v) is 11.2. The van der Waals surface area contributed by atoms with Crippen LogP contribution in [0.5, 0.6) is 0 Å². The predicted molar refractivity (Wildman–Crippen MR) is 39.7 cm³/mol. The summed E-state index contributed by atoms with van der Waals surface area (Å²) in [6.45, 7) is -0.863. The molecule has 0 rings (SSSR count). The molecular weight excluding hydrogens is 239 g/mol. The summed E-state index contributed by atoms with van der Waals surface area (Å²) < 4.78 is 0. The molecule has 0 aliphatic heterocycles. The van der Waals surface area contributed by atoms with Crippen LogP contribution >= 0.6 is 0 Å². The summed E-state index contributed by atoms with van der Waals surface area (Å²) in [7, 11) is 0. The first-order chi connectivity index (χ1) is 5.91. The van der Waals surface area contributed by atoms with Crippen LogP contribution in [0.4, 0.5) is 0 Å². The number of carbonyl (C=O) groups excluding carboxylic acids is 1. The van der Waals surface area contributed by atoms with Crippen molar-refractivity contribution in [3.8, 4) is 0 Å². The molecule has 0 radical (unpaired) electrons. The zero-order valence-electron chi connectivity index (χ0n) is 8.07. The maximum absolute atomic E-state index is 9.98. The van der Waals surface area contributed by atoms with Gasteiger partial charge in [0.25, 0.3) is 0 Å². The quantitative estimate of drug-likeness (QED) is 0.302. The van der Waals surface area contributed by atoms with Crippen molar-refractivity contribution in [2.75, 3.05) is 6.61 Å². The van der Waals surface area contributed by atoms with Gasteiger partial charge in [0.1, 0.15) is 24.4 Å². The molecule has 0 spiro atoms. The van der Waals surface area contributed by atoms with Crippen molar-refractivity contribution in [1.82, 2.24) is 0 Å². The van der Waals surface area contributed by atoms with E-state index < -0.39 is 37.0 Å². The third-order valence-electron chi connectivity index (χ3n) is 1.50. The molecule has 0 saturated carbocycles. The van der Waals surface area contributed by atoms with Crippen LogP contribution in [0.15, 0.2) is 0 Å². The van der Waals surface area contributed by atoms with E-state index in [4.69, 9.17) is 25.5 Å². The van der Waals surface area contributed by atoms with Crippen molar-refractivity contribution in [3.05, 3.63) is 0 Å². The van der Waals surface area contributed by atoms with Crippen LogP contribution in [-0.4, -0.2) is 68.0 Å². The van der Waals surface area contributed by atoms with Gasteiger partial charge >= 0.3 is 51.4 Å². The van der Waals surface area contributed by atoms with E-state index in [2.05, 4.69) is 0 Å². The molecule has 0 amide bonds. The molecule has 15 heavy (non-hydrogen) atoms. The van der Waals surface area contributed by atoms with Gasteiger partial charge in [0.2, 0.25) is 0 Å². The van der Waals surface area contributed by atoms with Gasteiger partial charge in [-0.2, -0.15) is 0 Å². The van der Waals surface area contributed by atoms with Crippen molar-refractivity contribution >= 4 is 5.97 Å². The van der Waals surface area contributed by atoms with E-state index in [1.165, 1.54) is 0 Å². The number of rotatable bonds is 5. The first-order valence-corrected chi connectivity index (χ1v) is 3.45. The molecule has 86 valence electrons. The Hall–Kier alpha value is 0.866. The van der Waals surface area contributed by atoms with E-state index in [0.717, 1.165) is 0 Å². The fourth-order valence-corrected chi connectivity index (χ4v) is 0.662. The number of aliphatic hydroxyl groups is 5. The average Bonchev–Trinajstić information content (AvgIpc) is 2.12. The third kappa shape index (κ3) is 6.91. The smallest absolute Gasteiger partial charge is 0.547 e. The molecular formula is C6H13KO8. The van der Waals surface area contributed by atoms with E-state index in [1.54, 1.807) is 0 Å². The summed E-state index contributed by atoms with van der Waals surface area (Å²) >= 11 is 0. The first-order valence-electron chi connectivity index (χ1n) is 3.45. The molecule has 0 aromatic rings. The number of hydrogen-bond acceptors (Lipinski definition) is 7. The average molecular weight is 252 g/mol. The molecule has 8 nitrogen and oxygen atoms in total. The molecule has 0 aliphatic carbocycles. The number of carbonyl (C=O) groups is 1. The Bertz CT molecular complexity index is 177. The monoisotopic (exact) mass is 252 g/mol. The Kier molecular flexibility index (Phi) is 14.2. The van der Waals surface area contributed by atoms with Crippen LogP contribution in [0.2, 0.25) is 0 Å². The topological polar surface area (TPSA) is 173 Å².